The van der Waals surface area contributed by atoms with Crippen LogP contribution in [0.4, 0.5) is 4.79 Å². The average molecular weight is 651 g/mol. The van der Waals surface area contributed by atoms with Crippen LogP contribution in [0.3, 0.4) is 0 Å². The van der Waals surface area contributed by atoms with E-state index in [1.54, 1.807) is 49.2 Å². The summed E-state index contributed by atoms with van der Waals surface area (Å²) < 4.78 is 5.29. The van der Waals surface area contributed by atoms with Gasteiger partial charge in [-0.05, 0) is 53.0 Å². The van der Waals surface area contributed by atoms with Crippen LogP contribution in [0.25, 0.3) is 0 Å². The van der Waals surface area contributed by atoms with Gasteiger partial charge in [-0.1, -0.05) is 129 Å². The minimum atomic E-state index is -1.97. The first-order valence-electron chi connectivity index (χ1n) is 16.3. The third kappa shape index (κ3) is 11.1. The van der Waals surface area contributed by atoms with Crippen molar-refractivity contribution in [2.45, 2.75) is 64.3 Å². The molecule has 5 N–H and O–H groups in total. The molecule has 4 aromatic carbocycles. The highest BCUT2D eigenvalue weighted by atomic mass is 16.5. The zero-order valence-electron chi connectivity index (χ0n) is 27.7. The number of primary amides is 1. The molecule has 0 heterocycles. The van der Waals surface area contributed by atoms with Crippen LogP contribution in [0, 0.1) is 5.92 Å². The first kappa shape index (κ1) is 35.9. The number of nitrogens with one attached hydrogen (secondary N) is 2. The fraction of sp³-hybridized carbons (Fsp3) is 0.308. The minimum Gasteiger partial charge on any atom is -0.445 e. The Labute approximate surface area is 283 Å². The van der Waals surface area contributed by atoms with E-state index in [1.807, 2.05) is 66.7 Å². The number of nitrogens with zero attached hydrogens (tertiary/aromatic N) is 1. The summed E-state index contributed by atoms with van der Waals surface area (Å²) in [5.74, 6) is -1.72. The maximum Gasteiger partial charge on any atom is 0.408 e. The van der Waals surface area contributed by atoms with Gasteiger partial charge >= 0.3 is 6.09 Å². The van der Waals surface area contributed by atoms with Gasteiger partial charge < -0.3 is 20.9 Å². The van der Waals surface area contributed by atoms with E-state index in [-0.39, 0.29) is 32.0 Å². The lowest BCUT2D eigenvalue weighted by molar-refractivity contribution is -0.143. The van der Waals surface area contributed by atoms with Gasteiger partial charge in [0.15, 0.2) is 5.60 Å². The molecule has 1 aliphatic carbocycles. The van der Waals surface area contributed by atoms with E-state index in [4.69, 9.17) is 10.5 Å². The van der Waals surface area contributed by atoms with E-state index < -0.39 is 29.6 Å². The van der Waals surface area contributed by atoms with Gasteiger partial charge in [-0.2, -0.15) is 0 Å². The zero-order chi connectivity index (χ0) is 34.4. The van der Waals surface area contributed by atoms with Gasteiger partial charge in [0.2, 0.25) is 0 Å². The summed E-state index contributed by atoms with van der Waals surface area (Å²) in [6.07, 6.45) is 3.19. The Bertz CT molecular complexity index is 1580. The van der Waals surface area contributed by atoms with Gasteiger partial charge in [0, 0.05) is 13.0 Å². The number of aryl methyl sites for hydroxylation is 2. The van der Waals surface area contributed by atoms with Crippen molar-refractivity contribution in [1.29, 1.82) is 0 Å². The number of carbonyl (C=O) groups excluding carboxylic acids is 3. The van der Waals surface area contributed by atoms with Crippen molar-refractivity contribution in [3.63, 3.8) is 0 Å². The second-order valence-corrected chi connectivity index (χ2v) is 12.4. The number of benzene rings is 4. The fourth-order valence-electron chi connectivity index (χ4n) is 5.58. The highest BCUT2D eigenvalue weighted by Crippen LogP contribution is 2.20. The minimum absolute atomic E-state index is 0.0397. The highest BCUT2D eigenvalue weighted by molar-refractivity contribution is 5.86. The molecule has 0 bridgehead atoms. The van der Waals surface area contributed by atoms with Crippen molar-refractivity contribution in [2.24, 2.45) is 11.7 Å². The number of nitrogens with two attached hydrogens (primary N) is 1. The van der Waals surface area contributed by atoms with Gasteiger partial charge in [-0.25, -0.2) is 9.80 Å². The third-order valence-electron chi connectivity index (χ3n) is 8.18. The predicted octanol–water partition coefficient (Wildman–Crippen LogP) is 5.11. The molecule has 9 heteroatoms. The van der Waals surface area contributed by atoms with Crippen molar-refractivity contribution in [1.82, 2.24) is 15.8 Å². The van der Waals surface area contributed by atoms with Gasteiger partial charge in [0.25, 0.3) is 11.8 Å². The van der Waals surface area contributed by atoms with Gasteiger partial charge in [-0.15, -0.1) is 0 Å². The van der Waals surface area contributed by atoms with E-state index in [9.17, 15) is 19.5 Å². The molecule has 0 radical (unpaired) electrons. The zero-order valence-corrected chi connectivity index (χ0v) is 27.7. The molecule has 1 aliphatic rings. The largest absolute Gasteiger partial charge is 0.445 e. The number of hydrogen-bond donors (Lipinski definition) is 4. The molecule has 0 saturated carbocycles. The molecule has 0 aromatic heterocycles. The van der Waals surface area contributed by atoms with Crippen molar-refractivity contribution in [3.8, 4) is 0 Å². The molecular formula is C39H46N4O5. The van der Waals surface area contributed by atoms with E-state index in [0.717, 1.165) is 11.1 Å². The number of hydrogen-bond acceptors (Lipinski definition) is 6. The summed E-state index contributed by atoms with van der Waals surface area (Å²) in [6.45, 7) is 3.54. The smallest absolute Gasteiger partial charge is 0.408 e. The van der Waals surface area contributed by atoms with Crippen LogP contribution in [0.2, 0.25) is 0 Å². The van der Waals surface area contributed by atoms with Crippen LogP contribution in [-0.2, 0) is 46.7 Å². The lowest BCUT2D eigenvalue weighted by atomic mass is 9.93. The molecule has 1 unspecified atom stereocenters. The molecule has 3 amide bonds. The second-order valence-electron chi connectivity index (χ2n) is 12.4. The summed E-state index contributed by atoms with van der Waals surface area (Å²) in [5.41, 5.74) is 11.9. The lowest BCUT2D eigenvalue weighted by Gasteiger charge is -2.34. The number of ether oxygens (including phenoxy) is 1. The van der Waals surface area contributed by atoms with Gasteiger partial charge in [0.1, 0.15) is 12.6 Å². The molecule has 0 spiro atoms. The Morgan fingerprint density at radius 2 is 1.29 bits per heavy atom. The van der Waals surface area contributed by atoms with Crippen LogP contribution in [0.5, 0.6) is 0 Å². The number of fused-ring (bicyclic) bond motifs is 1. The molecule has 48 heavy (non-hydrogen) atoms. The SMILES string of the molecule is CC(C)C(NC(=O)OCc1ccccc1)C(=O)NN(Cc1ccccc1)C[C@](O)(Cc1ccccc1)C(N)=O.c1ccc2c(c1)CCC2. The number of carbonyl (C=O) groups is 3. The van der Waals surface area contributed by atoms with E-state index in [1.165, 1.54) is 24.3 Å². The summed E-state index contributed by atoms with van der Waals surface area (Å²) >= 11 is 0. The van der Waals surface area contributed by atoms with Crippen LogP contribution in [-0.4, -0.2) is 46.2 Å². The Morgan fingerprint density at radius 3 is 1.81 bits per heavy atom. The molecule has 0 aliphatic heterocycles. The second kappa shape index (κ2) is 17.8. The first-order chi connectivity index (χ1) is 23.1. The quantitative estimate of drug-likeness (QED) is 0.149. The molecule has 4 aromatic rings. The third-order valence-corrected chi connectivity index (χ3v) is 8.18. The Morgan fingerprint density at radius 1 is 0.792 bits per heavy atom. The number of rotatable bonds is 13. The molecule has 0 fully saturated rings. The number of amides is 3. The average Bonchev–Trinajstić information content (AvgIpc) is 3.57. The molecule has 9 nitrogen and oxygen atoms in total. The van der Waals surface area contributed by atoms with E-state index in [0.29, 0.717) is 5.56 Å². The van der Waals surface area contributed by atoms with E-state index >= 15 is 0 Å². The molecule has 252 valence electrons. The molecule has 0 saturated heterocycles. The van der Waals surface area contributed by atoms with Crippen LogP contribution in [0.15, 0.2) is 115 Å². The Kier molecular flexibility index (Phi) is 13.3. The summed E-state index contributed by atoms with van der Waals surface area (Å²) in [6, 6.07) is 35.3. The van der Waals surface area contributed by atoms with Crippen molar-refractivity contribution in [3.05, 3.63) is 143 Å². The summed E-state index contributed by atoms with van der Waals surface area (Å²) in [5, 5.41) is 15.4. The predicted molar refractivity (Wildman–Crippen MR) is 186 cm³/mol. The van der Waals surface area contributed by atoms with Crippen LogP contribution >= 0.6 is 0 Å². The number of aliphatic hydroxyl groups is 1. The Balaban J connectivity index is 0.000000491. The molecule has 5 rings (SSSR count). The highest BCUT2D eigenvalue weighted by Gasteiger charge is 2.38. The van der Waals surface area contributed by atoms with Crippen molar-refractivity contribution in [2.75, 3.05) is 6.54 Å². The molecule has 2 atom stereocenters. The number of hydrazine groups is 1. The van der Waals surface area contributed by atoms with Gasteiger partial charge in [0.05, 0.1) is 6.54 Å². The van der Waals surface area contributed by atoms with Crippen LogP contribution in [0.1, 0.15) is 48.1 Å². The summed E-state index contributed by atoms with van der Waals surface area (Å²) in [7, 11) is 0. The topological polar surface area (TPSA) is 134 Å². The standard InChI is InChI=1S/C30H36N4O5.C9H10/c1-22(2)26(32-29(37)39-20-25-16-10-5-11-17-25)27(35)33-34(19-24-14-8-4-9-15-24)21-30(38,28(31)36)18-23-12-6-3-7-13-23;1-2-5-9-7-3-6-8(9)4-1/h3-17,22,26,38H,18-21H2,1-2H3,(H2,31,36)(H,32,37)(H,33,35);1-2,4-5H,3,6-7H2/t26?,30-;/m1./s1. The maximum atomic E-state index is 13.4. The van der Waals surface area contributed by atoms with E-state index in [2.05, 4.69) is 35.0 Å². The fourth-order valence-corrected chi connectivity index (χ4v) is 5.58. The first-order valence-corrected chi connectivity index (χ1v) is 16.3. The number of alkyl carbamates (subject to hydrolysis) is 1. The van der Waals surface area contributed by atoms with Crippen LogP contribution < -0.4 is 16.5 Å². The van der Waals surface area contributed by atoms with Gasteiger partial charge in [-0.3, -0.25) is 15.0 Å². The maximum absolute atomic E-state index is 13.4. The summed E-state index contributed by atoms with van der Waals surface area (Å²) in [4.78, 5) is 38.3. The van der Waals surface area contributed by atoms with Crippen molar-refractivity contribution < 1.29 is 24.2 Å². The normalized spacial score (nSPS) is 13.8. The Hall–Kier alpha value is -4.99. The molecular weight excluding hydrogens is 604 g/mol. The van der Waals surface area contributed by atoms with Crippen molar-refractivity contribution >= 4 is 17.9 Å². The monoisotopic (exact) mass is 650 g/mol. The lowest BCUT2D eigenvalue weighted by Crippen LogP contribution is -2.60.